The first-order valence-corrected chi connectivity index (χ1v) is 9.89. The lowest BCUT2D eigenvalue weighted by atomic mass is 10.2. The second-order valence-corrected chi connectivity index (χ2v) is 8.13. The number of carbonyl (C=O) groups is 1. The highest BCUT2D eigenvalue weighted by Gasteiger charge is 2.27. The molecular formula is C17H26N2O4S. The maximum Gasteiger partial charge on any atom is 0.243 e. The topological polar surface area (TPSA) is 75.7 Å². The first kappa shape index (κ1) is 18.7. The zero-order chi connectivity index (χ0) is 17.7. The van der Waals surface area contributed by atoms with E-state index >= 15 is 0 Å². The fourth-order valence-corrected chi connectivity index (χ4v) is 4.16. The van der Waals surface area contributed by atoms with E-state index in [1.807, 2.05) is 13.8 Å². The Bertz CT molecular complexity index is 680. The molecule has 1 N–H and O–H groups in total. The number of hydrogen-bond donors (Lipinski definition) is 1. The summed E-state index contributed by atoms with van der Waals surface area (Å²) in [5.41, 5.74) is 0.397. The Kier molecular flexibility index (Phi) is 6.23. The Morgan fingerprint density at radius 3 is 2.50 bits per heavy atom. The zero-order valence-corrected chi connectivity index (χ0v) is 15.4. The number of piperidine rings is 1. The van der Waals surface area contributed by atoms with Gasteiger partial charge in [-0.25, -0.2) is 8.42 Å². The molecule has 1 heterocycles. The second-order valence-electron chi connectivity index (χ2n) is 6.19. The molecule has 1 amide bonds. The summed E-state index contributed by atoms with van der Waals surface area (Å²) in [6, 6.07) is 4.65. The summed E-state index contributed by atoms with van der Waals surface area (Å²) in [5, 5.41) is 2.73. The summed E-state index contributed by atoms with van der Waals surface area (Å²) in [6.07, 6.45) is 3.06. The number of ether oxygens (including phenoxy) is 1. The molecule has 0 atom stereocenters. The highest BCUT2D eigenvalue weighted by molar-refractivity contribution is 7.89. The summed E-state index contributed by atoms with van der Waals surface area (Å²) in [7, 11) is -3.55. The predicted octanol–water partition coefficient (Wildman–Crippen LogP) is 3.00. The smallest absolute Gasteiger partial charge is 0.243 e. The summed E-state index contributed by atoms with van der Waals surface area (Å²) < 4.78 is 32.8. The molecule has 0 aliphatic carbocycles. The molecule has 0 radical (unpaired) electrons. The van der Waals surface area contributed by atoms with Crippen LogP contribution < -0.4 is 10.1 Å². The van der Waals surface area contributed by atoms with Crippen molar-refractivity contribution in [3.63, 3.8) is 0 Å². The van der Waals surface area contributed by atoms with E-state index in [4.69, 9.17) is 4.74 Å². The van der Waals surface area contributed by atoms with Crippen LogP contribution in [0.25, 0.3) is 0 Å². The van der Waals surface area contributed by atoms with E-state index in [0.717, 1.165) is 19.3 Å². The molecule has 1 saturated heterocycles. The fourth-order valence-electron chi connectivity index (χ4n) is 2.62. The molecule has 1 fully saturated rings. The average Bonchev–Trinajstić information content (AvgIpc) is 2.56. The summed E-state index contributed by atoms with van der Waals surface area (Å²) in [4.78, 5) is 11.9. The van der Waals surface area contributed by atoms with E-state index in [9.17, 15) is 13.2 Å². The van der Waals surface area contributed by atoms with E-state index in [0.29, 0.717) is 30.9 Å². The summed E-state index contributed by atoms with van der Waals surface area (Å²) >= 11 is 0. The average molecular weight is 354 g/mol. The van der Waals surface area contributed by atoms with E-state index in [1.54, 1.807) is 19.1 Å². The SMILES string of the molecule is CCC(=O)Nc1cc(S(=O)(=O)N2CCCCC2)ccc1OC(C)C. The first-order chi connectivity index (χ1) is 11.3. The summed E-state index contributed by atoms with van der Waals surface area (Å²) in [6.45, 7) is 6.59. The number of amides is 1. The van der Waals surface area contributed by atoms with E-state index in [-0.39, 0.29) is 16.9 Å². The van der Waals surface area contributed by atoms with Crippen LogP contribution in [0.2, 0.25) is 0 Å². The molecule has 6 nitrogen and oxygen atoms in total. The van der Waals surface area contributed by atoms with Gasteiger partial charge in [-0.1, -0.05) is 13.3 Å². The van der Waals surface area contributed by atoms with Crippen molar-refractivity contribution in [1.29, 1.82) is 0 Å². The van der Waals surface area contributed by atoms with Crippen molar-refractivity contribution in [2.45, 2.75) is 57.5 Å². The Morgan fingerprint density at radius 1 is 1.25 bits per heavy atom. The molecule has 1 aromatic rings. The van der Waals surface area contributed by atoms with Gasteiger partial charge in [0.1, 0.15) is 5.75 Å². The maximum absolute atomic E-state index is 12.8. The number of carbonyl (C=O) groups excluding carboxylic acids is 1. The molecule has 24 heavy (non-hydrogen) atoms. The molecule has 0 aromatic heterocycles. The third-order valence-electron chi connectivity index (χ3n) is 3.86. The molecule has 0 spiro atoms. The van der Waals surface area contributed by atoms with Gasteiger partial charge in [-0.05, 0) is 44.9 Å². The minimum absolute atomic E-state index is 0.0770. The van der Waals surface area contributed by atoms with Crippen LogP contribution in [0.4, 0.5) is 5.69 Å². The number of hydrogen-bond acceptors (Lipinski definition) is 4. The van der Waals surface area contributed by atoms with Crippen LogP contribution in [0.1, 0.15) is 46.5 Å². The summed E-state index contributed by atoms with van der Waals surface area (Å²) in [5.74, 6) is 0.292. The van der Waals surface area contributed by atoms with Crippen molar-refractivity contribution in [2.24, 2.45) is 0 Å². The van der Waals surface area contributed by atoms with Gasteiger partial charge in [0, 0.05) is 19.5 Å². The van der Waals surface area contributed by atoms with Gasteiger partial charge in [0.15, 0.2) is 0 Å². The number of benzene rings is 1. The van der Waals surface area contributed by atoms with E-state index in [1.165, 1.54) is 10.4 Å². The van der Waals surface area contributed by atoms with Gasteiger partial charge < -0.3 is 10.1 Å². The minimum Gasteiger partial charge on any atom is -0.489 e. The molecule has 2 rings (SSSR count). The van der Waals surface area contributed by atoms with Gasteiger partial charge in [-0.3, -0.25) is 4.79 Å². The molecule has 0 saturated carbocycles. The van der Waals surface area contributed by atoms with Crippen molar-refractivity contribution in [3.05, 3.63) is 18.2 Å². The number of sulfonamides is 1. The minimum atomic E-state index is -3.55. The highest BCUT2D eigenvalue weighted by atomic mass is 32.2. The first-order valence-electron chi connectivity index (χ1n) is 8.45. The van der Waals surface area contributed by atoms with Gasteiger partial charge in [0.2, 0.25) is 15.9 Å². The highest BCUT2D eigenvalue weighted by Crippen LogP contribution is 2.31. The predicted molar refractivity (Wildman–Crippen MR) is 93.7 cm³/mol. The van der Waals surface area contributed by atoms with Crippen LogP contribution in [0.3, 0.4) is 0 Å². The molecule has 0 bridgehead atoms. The van der Waals surface area contributed by atoms with Crippen LogP contribution >= 0.6 is 0 Å². The van der Waals surface area contributed by atoms with Crippen molar-refractivity contribution in [3.8, 4) is 5.75 Å². The molecule has 134 valence electrons. The third kappa shape index (κ3) is 4.48. The van der Waals surface area contributed by atoms with Gasteiger partial charge in [0.25, 0.3) is 0 Å². The lowest BCUT2D eigenvalue weighted by molar-refractivity contribution is -0.115. The van der Waals surface area contributed by atoms with Crippen molar-refractivity contribution in [2.75, 3.05) is 18.4 Å². The van der Waals surface area contributed by atoms with E-state index < -0.39 is 10.0 Å². The monoisotopic (exact) mass is 354 g/mol. The second kappa shape index (κ2) is 7.98. The number of rotatable bonds is 6. The number of nitrogens with zero attached hydrogens (tertiary/aromatic N) is 1. The largest absolute Gasteiger partial charge is 0.489 e. The van der Waals surface area contributed by atoms with Crippen molar-refractivity contribution in [1.82, 2.24) is 4.31 Å². The molecule has 0 unspecified atom stereocenters. The van der Waals surface area contributed by atoms with Crippen LogP contribution in [0.15, 0.2) is 23.1 Å². The Morgan fingerprint density at radius 2 is 1.92 bits per heavy atom. The quantitative estimate of drug-likeness (QED) is 0.852. The van der Waals surface area contributed by atoms with Crippen LogP contribution in [-0.4, -0.2) is 37.8 Å². The van der Waals surface area contributed by atoms with Crippen molar-refractivity contribution >= 4 is 21.6 Å². The van der Waals surface area contributed by atoms with Crippen LogP contribution in [-0.2, 0) is 14.8 Å². The molecule has 7 heteroatoms. The van der Waals surface area contributed by atoms with Gasteiger partial charge in [-0.2, -0.15) is 4.31 Å². The van der Waals surface area contributed by atoms with Gasteiger partial charge in [0.05, 0.1) is 16.7 Å². The fraction of sp³-hybridized carbons (Fsp3) is 0.588. The maximum atomic E-state index is 12.8. The molecule has 1 aliphatic heterocycles. The molecule has 1 aliphatic rings. The lowest BCUT2D eigenvalue weighted by Crippen LogP contribution is -2.35. The van der Waals surface area contributed by atoms with Crippen LogP contribution in [0.5, 0.6) is 5.75 Å². The third-order valence-corrected chi connectivity index (χ3v) is 5.76. The number of anilines is 1. The normalized spacial score (nSPS) is 16.2. The van der Waals surface area contributed by atoms with E-state index in [2.05, 4.69) is 5.32 Å². The zero-order valence-electron chi connectivity index (χ0n) is 14.5. The van der Waals surface area contributed by atoms with Gasteiger partial charge >= 0.3 is 0 Å². The Balaban J connectivity index is 2.36. The Hall–Kier alpha value is -1.60. The van der Waals surface area contributed by atoms with Crippen LogP contribution in [0, 0.1) is 0 Å². The van der Waals surface area contributed by atoms with Gasteiger partial charge in [-0.15, -0.1) is 0 Å². The molecule has 1 aromatic carbocycles. The molecular weight excluding hydrogens is 328 g/mol. The van der Waals surface area contributed by atoms with Crippen molar-refractivity contribution < 1.29 is 17.9 Å². The Labute approximate surface area is 144 Å². The lowest BCUT2D eigenvalue weighted by Gasteiger charge is -2.26. The number of nitrogens with one attached hydrogen (secondary N) is 1. The standard InChI is InChI=1S/C17H26N2O4S/c1-4-17(20)18-15-12-14(8-9-16(15)23-13(2)3)24(21,22)19-10-6-5-7-11-19/h8-9,12-13H,4-7,10-11H2,1-3H3,(H,18,20).